The lowest BCUT2D eigenvalue weighted by Gasteiger charge is -2.31. The van der Waals surface area contributed by atoms with E-state index in [9.17, 15) is 9.59 Å². The van der Waals surface area contributed by atoms with Crippen molar-refractivity contribution in [2.24, 2.45) is 0 Å². The van der Waals surface area contributed by atoms with Crippen LogP contribution in [-0.4, -0.2) is 50.6 Å². The molecule has 190 valence electrons. The minimum absolute atomic E-state index is 0.130. The Bertz CT molecular complexity index is 1170. The van der Waals surface area contributed by atoms with Crippen molar-refractivity contribution in [2.45, 2.75) is 19.0 Å². The summed E-state index contributed by atoms with van der Waals surface area (Å²) in [6.07, 6.45) is 0.320. The standard InChI is InChI=1S/C27H28Cl2N2O5/c1-30-27(33)25(12-18-7-5-4-6-8-18)31(16-19-9-10-23(28)24(29)11-19)26(32)17-36-22-14-20(34-2)13-21(15-22)35-3/h4-11,13-15,25H,12,16-17H2,1-3H3,(H,30,33). The average molecular weight is 531 g/mol. The van der Waals surface area contributed by atoms with E-state index in [4.69, 9.17) is 37.4 Å². The van der Waals surface area contributed by atoms with Crippen molar-refractivity contribution in [3.63, 3.8) is 0 Å². The maximum Gasteiger partial charge on any atom is 0.261 e. The second-order valence-electron chi connectivity index (χ2n) is 7.93. The number of likely N-dealkylation sites (N-methyl/N-ethyl adjacent to an activating group) is 1. The third-order valence-electron chi connectivity index (χ3n) is 5.54. The SMILES string of the molecule is CNC(=O)C(Cc1ccccc1)N(Cc1ccc(Cl)c(Cl)c1)C(=O)COc1cc(OC)cc(OC)c1. The van der Waals surface area contributed by atoms with Gasteiger partial charge in [-0.1, -0.05) is 59.6 Å². The van der Waals surface area contributed by atoms with E-state index in [1.165, 1.54) is 19.1 Å². The van der Waals surface area contributed by atoms with Gasteiger partial charge >= 0.3 is 0 Å². The van der Waals surface area contributed by atoms with E-state index in [0.717, 1.165) is 11.1 Å². The molecule has 3 aromatic rings. The van der Waals surface area contributed by atoms with E-state index in [-0.39, 0.29) is 25.0 Å². The molecule has 1 atom stereocenters. The van der Waals surface area contributed by atoms with Crippen LogP contribution in [0.25, 0.3) is 0 Å². The molecule has 0 fully saturated rings. The van der Waals surface area contributed by atoms with E-state index >= 15 is 0 Å². The first-order valence-electron chi connectivity index (χ1n) is 11.2. The Labute approximate surface area is 220 Å². The van der Waals surface area contributed by atoms with Crippen LogP contribution in [0.4, 0.5) is 0 Å². The molecule has 1 N–H and O–H groups in total. The lowest BCUT2D eigenvalue weighted by atomic mass is 10.0. The molecule has 0 aliphatic rings. The first-order chi connectivity index (χ1) is 17.3. The fourth-order valence-corrected chi connectivity index (χ4v) is 3.97. The number of nitrogens with one attached hydrogen (secondary N) is 1. The lowest BCUT2D eigenvalue weighted by Crippen LogP contribution is -2.51. The molecule has 7 nitrogen and oxygen atoms in total. The zero-order valence-corrected chi connectivity index (χ0v) is 21.8. The van der Waals surface area contributed by atoms with Crippen LogP contribution in [0.3, 0.4) is 0 Å². The molecule has 0 spiro atoms. The molecule has 2 amide bonds. The monoisotopic (exact) mass is 530 g/mol. The zero-order valence-electron chi connectivity index (χ0n) is 20.3. The molecule has 0 saturated heterocycles. The topological polar surface area (TPSA) is 77.1 Å². The number of carbonyl (C=O) groups excluding carboxylic acids is 2. The summed E-state index contributed by atoms with van der Waals surface area (Å²) in [5.74, 6) is 0.768. The number of benzene rings is 3. The van der Waals surface area contributed by atoms with Crippen LogP contribution in [0.1, 0.15) is 11.1 Å². The number of carbonyl (C=O) groups is 2. The molecule has 0 saturated carbocycles. The van der Waals surface area contributed by atoms with Crippen molar-refractivity contribution in [2.75, 3.05) is 27.9 Å². The number of hydrogen-bond donors (Lipinski definition) is 1. The van der Waals surface area contributed by atoms with Crippen LogP contribution in [0, 0.1) is 0 Å². The molecular formula is C27H28Cl2N2O5. The van der Waals surface area contributed by atoms with Crippen LogP contribution >= 0.6 is 23.2 Å². The van der Waals surface area contributed by atoms with Gasteiger partial charge in [0, 0.05) is 38.2 Å². The molecule has 3 rings (SSSR count). The number of rotatable bonds is 11. The average Bonchev–Trinajstić information content (AvgIpc) is 2.91. The minimum atomic E-state index is -0.789. The molecule has 0 aliphatic heterocycles. The van der Waals surface area contributed by atoms with Gasteiger partial charge in [-0.15, -0.1) is 0 Å². The number of hydrogen-bond acceptors (Lipinski definition) is 5. The van der Waals surface area contributed by atoms with E-state index in [1.54, 1.807) is 43.4 Å². The molecule has 1 unspecified atom stereocenters. The van der Waals surface area contributed by atoms with E-state index in [0.29, 0.717) is 33.7 Å². The van der Waals surface area contributed by atoms with Gasteiger partial charge in [0.2, 0.25) is 5.91 Å². The normalized spacial score (nSPS) is 11.4. The third kappa shape index (κ3) is 7.29. The van der Waals surface area contributed by atoms with Gasteiger partial charge in [-0.2, -0.15) is 0 Å². The highest BCUT2D eigenvalue weighted by molar-refractivity contribution is 6.42. The van der Waals surface area contributed by atoms with Crippen LogP contribution in [0.2, 0.25) is 10.0 Å². The number of ether oxygens (including phenoxy) is 3. The molecule has 9 heteroatoms. The summed E-state index contributed by atoms with van der Waals surface area (Å²) >= 11 is 12.3. The minimum Gasteiger partial charge on any atom is -0.496 e. The van der Waals surface area contributed by atoms with Gasteiger partial charge in [0.1, 0.15) is 23.3 Å². The first kappa shape index (κ1) is 27.2. The summed E-state index contributed by atoms with van der Waals surface area (Å²) in [6.45, 7) is -0.175. The summed E-state index contributed by atoms with van der Waals surface area (Å²) in [4.78, 5) is 28.0. The highest BCUT2D eigenvalue weighted by Gasteiger charge is 2.30. The molecule has 36 heavy (non-hydrogen) atoms. The quantitative estimate of drug-likeness (QED) is 0.386. The number of nitrogens with zero attached hydrogens (tertiary/aromatic N) is 1. The van der Waals surface area contributed by atoms with Crippen molar-refractivity contribution in [1.82, 2.24) is 10.2 Å². The van der Waals surface area contributed by atoms with Gasteiger partial charge in [-0.3, -0.25) is 9.59 Å². The fourth-order valence-electron chi connectivity index (χ4n) is 3.65. The van der Waals surface area contributed by atoms with Gasteiger partial charge in [-0.05, 0) is 23.3 Å². The summed E-state index contributed by atoms with van der Waals surface area (Å²) in [6, 6.07) is 18.8. The summed E-state index contributed by atoms with van der Waals surface area (Å²) < 4.78 is 16.3. The van der Waals surface area contributed by atoms with Crippen molar-refractivity contribution in [3.8, 4) is 17.2 Å². The predicted molar refractivity (Wildman–Crippen MR) is 140 cm³/mol. The van der Waals surface area contributed by atoms with Gasteiger partial charge < -0.3 is 24.4 Å². The Morgan fingerprint density at radius 1 is 0.861 bits per heavy atom. The van der Waals surface area contributed by atoms with E-state index in [1.807, 2.05) is 30.3 Å². The molecule has 0 radical (unpaired) electrons. The number of halogens is 2. The summed E-state index contributed by atoms with van der Waals surface area (Å²) in [5, 5.41) is 3.44. The highest BCUT2D eigenvalue weighted by Crippen LogP contribution is 2.28. The maximum absolute atomic E-state index is 13.5. The van der Waals surface area contributed by atoms with Crippen LogP contribution in [-0.2, 0) is 22.6 Å². The van der Waals surface area contributed by atoms with Gasteiger partial charge in [0.15, 0.2) is 6.61 Å². The van der Waals surface area contributed by atoms with Gasteiger partial charge in [0.25, 0.3) is 5.91 Å². The van der Waals surface area contributed by atoms with Crippen LogP contribution in [0.5, 0.6) is 17.2 Å². The van der Waals surface area contributed by atoms with Gasteiger partial charge in [0.05, 0.1) is 24.3 Å². The lowest BCUT2D eigenvalue weighted by molar-refractivity contribution is -0.142. The van der Waals surface area contributed by atoms with Crippen LogP contribution in [0.15, 0.2) is 66.7 Å². The summed E-state index contributed by atoms with van der Waals surface area (Å²) in [7, 11) is 4.60. The van der Waals surface area contributed by atoms with Crippen molar-refractivity contribution in [1.29, 1.82) is 0 Å². The zero-order chi connectivity index (χ0) is 26.1. The number of methoxy groups -OCH3 is 2. The Hall–Kier alpha value is -3.42. The third-order valence-corrected chi connectivity index (χ3v) is 6.28. The Balaban J connectivity index is 1.90. The molecule has 3 aromatic carbocycles. The fraction of sp³-hybridized carbons (Fsp3) is 0.259. The highest BCUT2D eigenvalue weighted by atomic mass is 35.5. The second-order valence-corrected chi connectivity index (χ2v) is 8.74. The molecule has 0 heterocycles. The number of amides is 2. The predicted octanol–water partition coefficient (Wildman–Crippen LogP) is 4.78. The van der Waals surface area contributed by atoms with E-state index in [2.05, 4.69) is 5.32 Å². The summed E-state index contributed by atoms with van der Waals surface area (Å²) in [5.41, 5.74) is 1.64. The Kier molecular flexibility index (Phi) is 9.85. The largest absolute Gasteiger partial charge is 0.496 e. The Morgan fingerprint density at radius 3 is 2.08 bits per heavy atom. The van der Waals surface area contributed by atoms with E-state index < -0.39 is 6.04 Å². The Morgan fingerprint density at radius 2 is 1.50 bits per heavy atom. The second kappa shape index (κ2) is 13.0. The molecule has 0 aliphatic carbocycles. The van der Waals surface area contributed by atoms with Crippen molar-refractivity contribution < 1.29 is 23.8 Å². The smallest absolute Gasteiger partial charge is 0.261 e. The molecule has 0 bridgehead atoms. The maximum atomic E-state index is 13.5. The van der Waals surface area contributed by atoms with Crippen molar-refractivity contribution >= 4 is 35.0 Å². The van der Waals surface area contributed by atoms with Gasteiger partial charge in [-0.25, -0.2) is 0 Å². The molecular weight excluding hydrogens is 503 g/mol. The molecule has 0 aromatic heterocycles. The first-order valence-corrected chi connectivity index (χ1v) is 11.9. The van der Waals surface area contributed by atoms with Crippen molar-refractivity contribution in [3.05, 3.63) is 87.9 Å². The van der Waals surface area contributed by atoms with Crippen LogP contribution < -0.4 is 19.5 Å².